The molecule has 0 saturated heterocycles. The highest BCUT2D eigenvalue weighted by Crippen LogP contribution is 2.40. The van der Waals surface area contributed by atoms with Crippen LogP contribution in [0.4, 0.5) is 17.2 Å². The maximum atomic E-state index is 13.8. The molecule has 0 spiro atoms. The molecule has 2 amide bonds. The summed E-state index contributed by atoms with van der Waals surface area (Å²) in [5, 5.41) is 14.2. The zero-order chi connectivity index (χ0) is 29.8. The summed E-state index contributed by atoms with van der Waals surface area (Å²) in [6.45, 7) is 4.24. The lowest BCUT2D eigenvalue weighted by Crippen LogP contribution is -2.32. The fourth-order valence-electron chi connectivity index (χ4n) is 4.78. The molecule has 0 radical (unpaired) electrons. The molecule has 11 heteroatoms. The van der Waals surface area contributed by atoms with Gasteiger partial charge in [-0.15, -0.1) is 0 Å². The van der Waals surface area contributed by atoms with Crippen molar-refractivity contribution in [3.05, 3.63) is 100 Å². The summed E-state index contributed by atoms with van der Waals surface area (Å²) in [6, 6.07) is 18.7. The average Bonchev–Trinajstić information content (AvgIpc) is 3.41. The Morgan fingerprint density at radius 3 is 2.21 bits per heavy atom. The molecule has 0 aliphatic carbocycles. The second-order valence-corrected chi connectivity index (χ2v) is 9.84. The van der Waals surface area contributed by atoms with Gasteiger partial charge in [-0.1, -0.05) is 17.7 Å². The van der Waals surface area contributed by atoms with Crippen LogP contribution in [-0.2, 0) is 4.79 Å². The first kappa shape index (κ1) is 28.6. The normalized spacial score (nSPS) is 14.0. The minimum Gasteiger partial charge on any atom is -0.494 e. The second kappa shape index (κ2) is 12.3. The van der Waals surface area contributed by atoms with Crippen LogP contribution in [0.15, 0.2) is 84.2 Å². The van der Waals surface area contributed by atoms with Gasteiger partial charge in [0.05, 0.1) is 32.6 Å². The highest BCUT2D eigenvalue weighted by molar-refractivity contribution is 6.30. The first-order valence-corrected chi connectivity index (χ1v) is 13.6. The lowest BCUT2D eigenvalue weighted by atomic mass is 9.94. The quantitative estimate of drug-likeness (QED) is 0.216. The number of benzene rings is 3. The number of methoxy groups -OCH3 is 2. The van der Waals surface area contributed by atoms with Crippen LogP contribution in [0.25, 0.3) is 0 Å². The maximum Gasteiger partial charge on any atom is 0.261 e. The van der Waals surface area contributed by atoms with Gasteiger partial charge < -0.3 is 30.2 Å². The Balaban J connectivity index is 1.53. The Kier molecular flexibility index (Phi) is 8.35. The van der Waals surface area contributed by atoms with Gasteiger partial charge in [0.2, 0.25) is 0 Å². The van der Waals surface area contributed by atoms with Crippen molar-refractivity contribution >= 4 is 40.6 Å². The number of ether oxygens (including phenoxy) is 3. The molecule has 0 saturated carbocycles. The number of carbonyl (C=O) groups excluding carboxylic acids is 2. The number of rotatable bonds is 9. The fourth-order valence-corrected chi connectivity index (χ4v) is 4.90. The molecule has 3 N–H and O–H groups in total. The van der Waals surface area contributed by atoms with Crippen molar-refractivity contribution < 1.29 is 23.8 Å². The van der Waals surface area contributed by atoms with Crippen LogP contribution >= 0.6 is 11.6 Å². The number of allylic oxidation sites excluding steroid dienone is 1. The minimum absolute atomic E-state index is 0.311. The van der Waals surface area contributed by atoms with Gasteiger partial charge in [0.25, 0.3) is 11.8 Å². The van der Waals surface area contributed by atoms with Crippen LogP contribution in [0.1, 0.15) is 35.8 Å². The Morgan fingerprint density at radius 2 is 1.57 bits per heavy atom. The second-order valence-electron chi connectivity index (χ2n) is 9.40. The molecule has 216 valence electrons. The maximum absolute atomic E-state index is 13.8. The number of hydrogen-bond acceptors (Lipinski definition) is 7. The van der Waals surface area contributed by atoms with Crippen LogP contribution in [0.5, 0.6) is 17.2 Å². The van der Waals surface area contributed by atoms with E-state index in [1.807, 2.05) is 13.0 Å². The van der Waals surface area contributed by atoms with E-state index in [1.54, 1.807) is 86.5 Å². The molecule has 1 aliphatic rings. The van der Waals surface area contributed by atoms with E-state index in [4.69, 9.17) is 25.8 Å². The number of amides is 2. The molecule has 1 aliphatic heterocycles. The minimum atomic E-state index is -0.694. The third-order valence-corrected chi connectivity index (χ3v) is 7.01. The van der Waals surface area contributed by atoms with Crippen molar-refractivity contribution in [2.24, 2.45) is 0 Å². The summed E-state index contributed by atoms with van der Waals surface area (Å²) < 4.78 is 18.1. The van der Waals surface area contributed by atoms with Crippen molar-refractivity contribution in [3.63, 3.8) is 0 Å². The summed E-state index contributed by atoms with van der Waals surface area (Å²) in [7, 11) is 3.10. The van der Waals surface area contributed by atoms with E-state index in [2.05, 4.69) is 21.0 Å². The largest absolute Gasteiger partial charge is 0.494 e. The molecule has 5 rings (SSSR count). The van der Waals surface area contributed by atoms with Gasteiger partial charge in [-0.2, -0.15) is 5.10 Å². The first-order chi connectivity index (χ1) is 20.3. The van der Waals surface area contributed by atoms with Gasteiger partial charge in [0, 0.05) is 22.1 Å². The van der Waals surface area contributed by atoms with Gasteiger partial charge in [-0.3, -0.25) is 9.59 Å². The third-order valence-electron chi connectivity index (χ3n) is 6.76. The molecule has 1 aromatic heterocycles. The zero-order valence-corrected chi connectivity index (χ0v) is 24.3. The van der Waals surface area contributed by atoms with Crippen molar-refractivity contribution in [1.29, 1.82) is 0 Å². The summed E-state index contributed by atoms with van der Waals surface area (Å²) >= 11 is 6.03. The van der Waals surface area contributed by atoms with E-state index in [1.165, 1.54) is 6.20 Å². The highest BCUT2D eigenvalue weighted by atomic mass is 35.5. The summed E-state index contributed by atoms with van der Waals surface area (Å²) in [6.07, 6.45) is 1.48. The van der Waals surface area contributed by atoms with E-state index in [9.17, 15) is 9.59 Å². The molecule has 10 nitrogen and oxygen atoms in total. The van der Waals surface area contributed by atoms with E-state index >= 15 is 0 Å². The van der Waals surface area contributed by atoms with Crippen LogP contribution < -0.4 is 30.2 Å². The van der Waals surface area contributed by atoms with Crippen molar-refractivity contribution in [2.75, 3.05) is 36.8 Å². The van der Waals surface area contributed by atoms with Crippen LogP contribution in [0, 0.1) is 0 Å². The van der Waals surface area contributed by atoms with Crippen LogP contribution in [-0.4, -0.2) is 42.4 Å². The predicted molar refractivity (Wildman–Crippen MR) is 162 cm³/mol. The zero-order valence-electron chi connectivity index (χ0n) is 23.5. The van der Waals surface area contributed by atoms with Gasteiger partial charge in [0.15, 0.2) is 11.5 Å². The lowest BCUT2D eigenvalue weighted by Gasteiger charge is -2.30. The van der Waals surface area contributed by atoms with Gasteiger partial charge in [0.1, 0.15) is 23.2 Å². The molecule has 2 heterocycles. The highest BCUT2D eigenvalue weighted by Gasteiger charge is 2.36. The summed E-state index contributed by atoms with van der Waals surface area (Å²) in [5.41, 5.74) is 3.17. The number of halogens is 1. The molecular formula is C31H30ClN5O5. The third kappa shape index (κ3) is 5.75. The predicted octanol–water partition coefficient (Wildman–Crippen LogP) is 6.13. The number of nitrogens with one attached hydrogen (secondary N) is 3. The SMILES string of the molecule is CCOc1ccc(NC(=O)c2cnn3c2NC(C)=C(C(=O)Nc2ccc(Cl)cc2)[C@H]3c2ccc(OC)c(OC)c2)cc1. The Hall–Kier alpha value is -4.96. The molecule has 0 bridgehead atoms. The van der Waals surface area contributed by atoms with Gasteiger partial charge in [-0.25, -0.2) is 4.68 Å². The molecule has 42 heavy (non-hydrogen) atoms. The molecule has 0 unspecified atom stereocenters. The van der Waals surface area contributed by atoms with E-state index in [0.717, 1.165) is 0 Å². The first-order valence-electron chi connectivity index (χ1n) is 13.2. The monoisotopic (exact) mass is 587 g/mol. The number of carbonyl (C=O) groups is 2. The van der Waals surface area contributed by atoms with Crippen molar-refractivity contribution in [3.8, 4) is 17.2 Å². The van der Waals surface area contributed by atoms with E-state index in [0.29, 0.717) is 68.5 Å². The Labute approximate surface area is 248 Å². The van der Waals surface area contributed by atoms with E-state index < -0.39 is 6.04 Å². The van der Waals surface area contributed by atoms with Gasteiger partial charge in [-0.05, 0) is 80.1 Å². The number of nitrogens with zero attached hydrogens (tertiary/aromatic N) is 2. The molecule has 3 aromatic carbocycles. The molecular weight excluding hydrogens is 558 g/mol. The lowest BCUT2D eigenvalue weighted by molar-refractivity contribution is -0.113. The summed E-state index contributed by atoms with van der Waals surface area (Å²) in [5.74, 6) is 1.48. The standard InChI is InChI=1S/C31H30ClN5O5/c1-5-42-23-13-11-22(12-14-23)35-30(38)24-17-33-37-28(19-6-15-25(40-3)26(16-19)41-4)27(18(2)34-29(24)37)31(39)36-21-9-7-20(32)8-10-21/h6-17,28,34H,5H2,1-4H3,(H,35,38)(H,36,39)/t28-/m1/s1. The number of fused-ring (bicyclic) bond motifs is 1. The molecule has 4 aromatic rings. The summed E-state index contributed by atoms with van der Waals surface area (Å²) in [4.78, 5) is 27.2. The van der Waals surface area contributed by atoms with Crippen LogP contribution in [0.3, 0.4) is 0 Å². The topological polar surface area (TPSA) is 116 Å². The Bertz CT molecular complexity index is 1650. The molecule has 1 atom stereocenters. The number of aromatic nitrogens is 2. The van der Waals surface area contributed by atoms with Gasteiger partial charge >= 0.3 is 0 Å². The average molecular weight is 588 g/mol. The van der Waals surface area contributed by atoms with Crippen LogP contribution in [0.2, 0.25) is 5.02 Å². The van der Waals surface area contributed by atoms with Crippen molar-refractivity contribution in [2.45, 2.75) is 19.9 Å². The van der Waals surface area contributed by atoms with E-state index in [-0.39, 0.29) is 11.8 Å². The smallest absolute Gasteiger partial charge is 0.261 e. The fraction of sp³-hybridized carbons (Fsp3) is 0.194. The number of anilines is 3. The Morgan fingerprint density at radius 1 is 0.929 bits per heavy atom. The molecule has 0 fully saturated rings. The van der Waals surface area contributed by atoms with Crippen molar-refractivity contribution in [1.82, 2.24) is 9.78 Å². The number of hydrogen-bond donors (Lipinski definition) is 3.